The van der Waals surface area contributed by atoms with E-state index in [-0.39, 0.29) is 12.3 Å². The summed E-state index contributed by atoms with van der Waals surface area (Å²) >= 11 is 1.37. The van der Waals surface area contributed by atoms with Crippen molar-refractivity contribution in [2.45, 2.75) is 17.5 Å². The van der Waals surface area contributed by atoms with E-state index in [4.69, 9.17) is 5.11 Å². The summed E-state index contributed by atoms with van der Waals surface area (Å²) < 4.78 is 30.3. The van der Waals surface area contributed by atoms with Crippen LogP contribution in [0.1, 0.15) is 11.5 Å². The van der Waals surface area contributed by atoms with Crippen LogP contribution in [0, 0.1) is 11.6 Å². The van der Waals surface area contributed by atoms with E-state index in [1.54, 1.807) is 17.7 Å². The molecular formula is C14H13F2N5OS. The standard InChI is InChI=1S/C14H13F2N5OS/c1-20-12(7-22)17-18-14(20)23-8-9-5-6-21(19-9)13-10(15)3-2-4-11(13)16/h2-6,22H,7-8H2,1H3. The van der Waals surface area contributed by atoms with Crippen molar-refractivity contribution in [3.8, 4) is 5.69 Å². The van der Waals surface area contributed by atoms with E-state index in [1.165, 1.54) is 40.8 Å². The summed E-state index contributed by atoms with van der Waals surface area (Å²) in [5.74, 6) is -0.423. The van der Waals surface area contributed by atoms with Gasteiger partial charge < -0.3 is 9.67 Å². The number of para-hydroxylation sites is 1. The second kappa shape index (κ2) is 6.47. The Hall–Kier alpha value is -2.26. The van der Waals surface area contributed by atoms with Crippen molar-refractivity contribution >= 4 is 11.8 Å². The lowest BCUT2D eigenvalue weighted by Gasteiger charge is -2.04. The van der Waals surface area contributed by atoms with Crippen molar-refractivity contribution in [3.63, 3.8) is 0 Å². The molecule has 9 heteroatoms. The third-order valence-corrected chi connectivity index (χ3v) is 4.28. The van der Waals surface area contributed by atoms with Crippen molar-refractivity contribution in [2.75, 3.05) is 0 Å². The van der Waals surface area contributed by atoms with Gasteiger partial charge in [0.05, 0.1) is 5.69 Å². The molecule has 23 heavy (non-hydrogen) atoms. The van der Waals surface area contributed by atoms with Crippen molar-refractivity contribution in [3.05, 3.63) is 53.6 Å². The molecule has 0 aliphatic heterocycles. The fraction of sp³-hybridized carbons (Fsp3) is 0.214. The highest BCUT2D eigenvalue weighted by Crippen LogP contribution is 2.22. The third-order valence-electron chi connectivity index (χ3n) is 3.23. The zero-order valence-electron chi connectivity index (χ0n) is 12.1. The zero-order valence-corrected chi connectivity index (χ0v) is 13.0. The molecule has 2 heterocycles. The molecular weight excluding hydrogens is 324 g/mol. The van der Waals surface area contributed by atoms with Gasteiger partial charge >= 0.3 is 0 Å². The maximum absolute atomic E-state index is 13.7. The molecule has 1 N–H and O–H groups in total. The van der Waals surface area contributed by atoms with E-state index in [2.05, 4.69) is 15.3 Å². The quantitative estimate of drug-likeness (QED) is 0.722. The van der Waals surface area contributed by atoms with Crippen molar-refractivity contribution in [1.29, 1.82) is 0 Å². The fourth-order valence-corrected chi connectivity index (χ4v) is 2.85. The highest BCUT2D eigenvalue weighted by atomic mass is 32.2. The molecule has 0 atom stereocenters. The van der Waals surface area contributed by atoms with Crippen LogP contribution in [-0.4, -0.2) is 29.7 Å². The molecule has 6 nitrogen and oxygen atoms in total. The number of aliphatic hydroxyl groups is 1. The van der Waals surface area contributed by atoms with Crippen LogP contribution in [0.5, 0.6) is 0 Å². The largest absolute Gasteiger partial charge is 0.388 e. The average molecular weight is 337 g/mol. The van der Waals surface area contributed by atoms with E-state index >= 15 is 0 Å². The maximum atomic E-state index is 13.7. The van der Waals surface area contributed by atoms with Crippen LogP contribution in [0.25, 0.3) is 5.69 Å². The number of thioether (sulfide) groups is 1. The Labute approximate surface area is 134 Å². The van der Waals surface area contributed by atoms with Gasteiger partial charge in [0.1, 0.15) is 12.3 Å². The van der Waals surface area contributed by atoms with Gasteiger partial charge in [-0.3, -0.25) is 0 Å². The normalized spacial score (nSPS) is 11.1. The number of aromatic nitrogens is 5. The Balaban J connectivity index is 1.76. The molecule has 0 bridgehead atoms. The first-order valence-corrected chi connectivity index (χ1v) is 7.69. The Morgan fingerprint density at radius 1 is 1.17 bits per heavy atom. The second-order valence-electron chi connectivity index (χ2n) is 4.73. The van der Waals surface area contributed by atoms with Crippen LogP contribution in [0.2, 0.25) is 0 Å². The molecule has 0 radical (unpaired) electrons. The predicted molar refractivity (Wildman–Crippen MR) is 80.0 cm³/mol. The fourth-order valence-electron chi connectivity index (χ4n) is 2.02. The lowest BCUT2D eigenvalue weighted by atomic mass is 10.3. The number of hydrogen-bond acceptors (Lipinski definition) is 5. The van der Waals surface area contributed by atoms with Gasteiger partial charge in [-0.15, -0.1) is 10.2 Å². The molecule has 0 spiro atoms. The molecule has 0 aliphatic rings. The molecule has 3 aromatic rings. The number of aliphatic hydroxyl groups excluding tert-OH is 1. The number of halogens is 2. The van der Waals surface area contributed by atoms with Gasteiger partial charge in [0.2, 0.25) is 0 Å². The third kappa shape index (κ3) is 3.10. The molecule has 0 fully saturated rings. The number of hydrogen-bond donors (Lipinski definition) is 1. The van der Waals surface area contributed by atoms with E-state index < -0.39 is 11.6 Å². The monoisotopic (exact) mass is 337 g/mol. The molecule has 2 aromatic heterocycles. The summed E-state index contributed by atoms with van der Waals surface area (Å²) in [5, 5.41) is 21.7. The molecule has 0 unspecified atom stereocenters. The first-order chi connectivity index (χ1) is 11.1. The minimum absolute atomic E-state index is 0.189. The number of benzene rings is 1. The lowest BCUT2D eigenvalue weighted by molar-refractivity contribution is 0.266. The van der Waals surface area contributed by atoms with Gasteiger partial charge in [0.15, 0.2) is 22.6 Å². The Kier molecular flexibility index (Phi) is 4.39. The maximum Gasteiger partial charge on any atom is 0.191 e. The summed E-state index contributed by atoms with van der Waals surface area (Å²) in [6, 6.07) is 5.36. The summed E-state index contributed by atoms with van der Waals surface area (Å²) in [7, 11) is 1.75. The number of nitrogens with zero attached hydrogens (tertiary/aromatic N) is 5. The average Bonchev–Trinajstić information content (AvgIpc) is 3.12. The van der Waals surface area contributed by atoms with E-state index in [0.29, 0.717) is 22.4 Å². The zero-order chi connectivity index (χ0) is 16.4. The Morgan fingerprint density at radius 2 is 1.91 bits per heavy atom. The highest BCUT2D eigenvalue weighted by molar-refractivity contribution is 7.98. The Bertz CT molecular complexity index is 812. The van der Waals surface area contributed by atoms with Gasteiger partial charge in [-0.2, -0.15) is 5.10 Å². The minimum Gasteiger partial charge on any atom is -0.388 e. The molecule has 0 saturated heterocycles. The predicted octanol–water partition coefficient (Wildman–Crippen LogP) is 2.06. The van der Waals surface area contributed by atoms with Crippen molar-refractivity contribution in [2.24, 2.45) is 7.05 Å². The van der Waals surface area contributed by atoms with E-state index in [0.717, 1.165) is 0 Å². The van der Waals surface area contributed by atoms with Crippen LogP contribution in [0.15, 0.2) is 35.6 Å². The molecule has 3 rings (SSSR count). The smallest absolute Gasteiger partial charge is 0.191 e. The summed E-state index contributed by atoms with van der Waals surface area (Å²) in [5.41, 5.74) is 0.441. The van der Waals surface area contributed by atoms with Crippen LogP contribution in [0.3, 0.4) is 0 Å². The minimum atomic E-state index is -0.673. The van der Waals surface area contributed by atoms with Gasteiger partial charge in [0, 0.05) is 19.0 Å². The first kappa shape index (κ1) is 15.6. The van der Waals surface area contributed by atoms with Gasteiger partial charge in [-0.05, 0) is 18.2 Å². The SMILES string of the molecule is Cn1c(CO)nnc1SCc1ccn(-c2c(F)cccc2F)n1. The topological polar surface area (TPSA) is 68.8 Å². The number of rotatable bonds is 5. The van der Waals surface area contributed by atoms with Crippen molar-refractivity contribution < 1.29 is 13.9 Å². The van der Waals surface area contributed by atoms with Gasteiger partial charge in [0.25, 0.3) is 0 Å². The highest BCUT2D eigenvalue weighted by Gasteiger charge is 2.13. The molecule has 0 saturated carbocycles. The van der Waals surface area contributed by atoms with E-state index in [9.17, 15) is 8.78 Å². The lowest BCUT2D eigenvalue weighted by Crippen LogP contribution is -2.02. The molecule has 120 valence electrons. The van der Waals surface area contributed by atoms with Gasteiger partial charge in [-0.25, -0.2) is 13.5 Å². The second-order valence-corrected chi connectivity index (χ2v) is 5.67. The summed E-state index contributed by atoms with van der Waals surface area (Å²) in [4.78, 5) is 0. The summed E-state index contributed by atoms with van der Waals surface area (Å²) in [6.07, 6.45) is 1.51. The van der Waals surface area contributed by atoms with Crippen LogP contribution in [-0.2, 0) is 19.4 Å². The van der Waals surface area contributed by atoms with E-state index in [1.807, 2.05) is 0 Å². The molecule has 0 amide bonds. The van der Waals surface area contributed by atoms with Gasteiger partial charge in [-0.1, -0.05) is 17.8 Å². The molecule has 1 aromatic carbocycles. The van der Waals surface area contributed by atoms with Crippen LogP contribution in [0.4, 0.5) is 8.78 Å². The van der Waals surface area contributed by atoms with Crippen molar-refractivity contribution in [1.82, 2.24) is 24.5 Å². The first-order valence-electron chi connectivity index (χ1n) is 6.71. The summed E-state index contributed by atoms with van der Waals surface area (Å²) in [6.45, 7) is -0.189. The van der Waals surface area contributed by atoms with Crippen LogP contribution < -0.4 is 0 Å². The Morgan fingerprint density at radius 3 is 2.57 bits per heavy atom. The molecule has 0 aliphatic carbocycles. The van der Waals surface area contributed by atoms with Crippen LogP contribution >= 0.6 is 11.8 Å².